The quantitative estimate of drug-likeness (QED) is 0.566. The number of hydrogen-bond acceptors (Lipinski definition) is 4. The molecule has 1 aromatic heterocycles. The molecule has 116 valence electrons. The number of benzene rings is 2. The van der Waals surface area contributed by atoms with Crippen LogP contribution in [-0.4, -0.2) is 26.2 Å². The molecule has 23 heavy (non-hydrogen) atoms. The monoisotopic (exact) mass is 323 g/mol. The van der Waals surface area contributed by atoms with Gasteiger partial charge in [-0.3, -0.25) is 9.89 Å². The SMILES string of the molecule is Cc1ccc(-c2nc(SC(C)C(=O)c3ccccc3)n[nH]2)cc1. The number of Topliss-reactive ketones (excluding diaryl/α,β-unsaturated/α-hetero) is 1. The third-order valence-electron chi connectivity index (χ3n) is 3.50. The lowest BCUT2D eigenvalue weighted by atomic mass is 10.1. The minimum absolute atomic E-state index is 0.0808. The van der Waals surface area contributed by atoms with Gasteiger partial charge in [0, 0.05) is 11.1 Å². The maximum atomic E-state index is 12.4. The minimum atomic E-state index is -0.237. The van der Waals surface area contributed by atoms with Crippen molar-refractivity contribution in [2.24, 2.45) is 0 Å². The zero-order chi connectivity index (χ0) is 16.2. The van der Waals surface area contributed by atoms with Gasteiger partial charge in [0.25, 0.3) is 0 Å². The van der Waals surface area contributed by atoms with Crippen LogP contribution >= 0.6 is 11.8 Å². The van der Waals surface area contributed by atoms with E-state index in [9.17, 15) is 4.79 Å². The number of aromatic nitrogens is 3. The standard InChI is InChI=1S/C18H17N3OS/c1-12-8-10-15(11-9-12)17-19-18(21-20-17)23-13(2)16(22)14-6-4-3-5-7-14/h3-11,13H,1-2H3,(H,19,20,21). The fourth-order valence-electron chi connectivity index (χ4n) is 2.19. The van der Waals surface area contributed by atoms with Crippen LogP contribution in [0.2, 0.25) is 0 Å². The van der Waals surface area contributed by atoms with Crippen LogP contribution in [0.15, 0.2) is 59.8 Å². The normalized spacial score (nSPS) is 12.1. The smallest absolute Gasteiger partial charge is 0.209 e. The van der Waals surface area contributed by atoms with Gasteiger partial charge in [-0.1, -0.05) is 71.9 Å². The van der Waals surface area contributed by atoms with E-state index in [0.29, 0.717) is 16.5 Å². The van der Waals surface area contributed by atoms with E-state index in [1.54, 1.807) is 0 Å². The molecule has 4 nitrogen and oxygen atoms in total. The van der Waals surface area contributed by atoms with Gasteiger partial charge in [0.05, 0.1) is 5.25 Å². The van der Waals surface area contributed by atoms with Crippen LogP contribution < -0.4 is 0 Å². The second kappa shape index (κ2) is 6.79. The molecule has 0 aliphatic carbocycles. The number of nitrogens with zero attached hydrogens (tertiary/aromatic N) is 2. The number of nitrogens with one attached hydrogen (secondary N) is 1. The van der Waals surface area contributed by atoms with Gasteiger partial charge < -0.3 is 0 Å². The zero-order valence-electron chi connectivity index (χ0n) is 13.0. The van der Waals surface area contributed by atoms with Crippen molar-refractivity contribution >= 4 is 17.5 Å². The Morgan fingerprint density at radius 1 is 1.09 bits per heavy atom. The van der Waals surface area contributed by atoms with Crippen molar-refractivity contribution in [1.29, 1.82) is 0 Å². The van der Waals surface area contributed by atoms with Crippen molar-refractivity contribution < 1.29 is 4.79 Å². The molecule has 1 heterocycles. The Hall–Kier alpha value is -2.40. The summed E-state index contributed by atoms with van der Waals surface area (Å²) in [5.41, 5.74) is 2.89. The Morgan fingerprint density at radius 2 is 1.78 bits per heavy atom. The van der Waals surface area contributed by atoms with Gasteiger partial charge in [0.2, 0.25) is 5.16 Å². The fraction of sp³-hybridized carbons (Fsp3) is 0.167. The van der Waals surface area contributed by atoms with Crippen LogP contribution in [0.25, 0.3) is 11.4 Å². The van der Waals surface area contributed by atoms with Crippen LogP contribution in [0.5, 0.6) is 0 Å². The molecule has 1 unspecified atom stereocenters. The summed E-state index contributed by atoms with van der Waals surface area (Å²) < 4.78 is 0. The van der Waals surface area contributed by atoms with Gasteiger partial charge in [-0.2, -0.15) is 0 Å². The highest BCUT2D eigenvalue weighted by Gasteiger charge is 2.18. The number of H-pyrrole nitrogens is 1. The summed E-state index contributed by atoms with van der Waals surface area (Å²) in [7, 11) is 0. The number of thioether (sulfide) groups is 1. The Kier molecular flexibility index (Phi) is 4.57. The van der Waals surface area contributed by atoms with Crippen molar-refractivity contribution in [3.63, 3.8) is 0 Å². The molecule has 0 bridgehead atoms. The molecule has 0 spiro atoms. The van der Waals surface area contributed by atoms with Gasteiger partial charge >= 0.3 is 0 Å². The molecule has 3 aromatic rings. The molecule has 1 N–H and O–H groups in total. The van der Waals surface area contributed by atoms with E-state index in [-0.39, 0.29) is 11.0 Å². The lowest BCUT2D eigenvalue weighted by molar-refractivity contribution is 0.0994. The first-order valence-corrected chi connectivity index (χ1v) is 8.27. The maximum Gasteiger partial charge on any atom is 0.209 e. The molecular weight excluding hydrogens is 306 g/mol. The molecule has 0 saturated carbocycles. The highest BCUT2D eigenvalue weighted by atomic mass is 32.2. The van der Waals surface area contributed by atoms with E-state index >= 15 is 0 Å². The first kappa shape index (κ1) is 15.5. The van der Waals surface area contributed by atoms with Gasteiger partial charge in [-0.25, -0.2) is 4.98 Å². The number of carbonyl (C=O) groups is 1. The largest absolute Gasteiger partial charge is 0.293 e. The van der Waals surface area contributed by atoms with Crippen LogP contribution in [0.4, 0.5) is 0 Å². The third kappa shape index (κ3) is 3.68. The number of hydrogen-bond donors (Lipinski definition) is 1. The lowest BCUT2D eigenvalue weighted by Gasteiger charge is -2.07. The van der Waals surface area contributed by atoms with Gasteiger partial charge in [-0.15, -0.1) is 5.10 Å². The van der Waals surface area contributed by atoms with E-state index in [2.05, 4.69) is 15.2 Å². The summed E-state index contributed by atoms with van der Waals surface area (Å²) in [6, 6.07) is 17.4. The Bertz CT molecular complexity index is 797. The van der Waals surface area contributed by atoms with Crippen LogP contribution in [0.1, 0.15) is 22.8 Å². The van der Waals surface area contributed by atoms with Crippen molar-refractivity contribution in [2.45, 2.75) is 24.3 Å². The lowest BCUT2D eigenvalue weighted by Crippen LogP contribution is -2.13. The second-order valence-electron chi connectivity index (χ2n) is 5.32. The van der Waals surface area contributed by atoms with Crippen molar-refractivity contribution in [3.05, 3.63) is 65.7 Å². The molecule has 0 fully saturated rings. The average Bonchev–Trinajstić information content (AvgIpc) is 3.04. The van der Waals surface area contributed by atoms with Crippen molar-refractivity contribution in [1.82, 2.24) is 15.2 Å². The third-order valence-corrected chi connectivity index (χ3v) is 4.46. The maximum absolute atomic E-state index is 12.4. The number of aryl methyl sites for hydroxylation is 1. The van der Waals surface area contributed by atoms with E-state index in [1.807, 2.05) is 68.4 Å². The van der Waals surface area contributed by atoms with Gasteiger partial charge in [-0.05, 0) is 13.8 Å². The Morgan fingerprint density at radius 3 is 2.48 bits per heavy atom. The predicted octanol–water partition coefficient (Wildman–Crippen LogP) is 4.14. The average molecular weight is 323 g/mol. The number of rotatable bonds is 5. The van der Waals surface area contributed by atoms with Crippen LogP contribution in [-0.2, 0) is 0 Å². The van der Waals surface area contributed by atoms with Crippen LogP contribution in [0.3, 0.4) is 0 Å². The molecule has 5 heteroatoms. The zero-order valence-corrected chi connectivity index (χ0v) is 13.8. The van der Waals surface area contributed by atoms with E-state index in [4.69, 9.17) is 0 Å². The topological polar surface area (TPSA) is 58.6 Å². The Labute approximate surface area is 139 Å². The highest BCUT2D eigenvalue weighted by Crippen LogP contribution is 2.24. The molecule has 3 rings (SSSR count). The van der Waals surface area contributed by atoms with Gasteiger partial charge in [0.15, 0.2) is 11.6 Å². The molecule has 0 saturated heterocycles. The van der Waals surface area contributed by atoms with E-state index in [1.165, 1.54) is 17.3 Å². The number of carbonyl (C=O) groups excluding carboxylic acids is 1. The van der Waals surface area contributed by atoms with Crippen molar-refractivity contribution in [2.75, 3.05) is 0 Å². The molecule has 0 amide bonds. The van der Waals surface area contributed by atoms with Crippen LogP contribution in [0, 0.1) is 6.92 Å². The molecular formula is C18H17N3OS. The number of aromatic amines is 1. The summed E-state index contributed by atoms with van der Waals surface area (Å²) in [4.78, 5) is 16.8. The molecule has 0 aliphatic heterocycles. The van der Waals surface area contributed by atoms with E-state index < -0.39 is 0 Å². The summed E-state index contributed by atoms with van der Waals surface area (Å²) in [5.74, 6) is 0.796. The molecule has 0 radical (unpaired) electrons. The summed E-state index contributed by atoms with van der Waals surface area (Å²) in [5, 5.41) is 7.48. The first-order valence-electron chi connectivity index (χ1n) is 7.39. The number of ketones is 1. The fourth-order valence-corrected chi connectivity index (χ4v) is 2.99. The van der Waals surface area contributed by atoms with Crippen molar-refractivity contribution in [3.8, 4) is 11.4 Å². The molecule has 1 atom stereocenters. The molecule has 0 aliphatic rings. The van der Waals surface area contributed by atoms with Gasteiger partial charge in [0.1, 0.15) is 0 Å². The highest BCUT2D eigenvalue weighted by molar-refractivity contribution is 8.00. The summed E-state index contributed by atoms with van der Waals surface area (Å²) in [6.45, 7) is 3.92. The first-order chi connectivity index (χ1) is 11.1. The molecule has 2 aromatic carbocycles. The summed E-state index contributed by atoms with van der Waals surface area (Å²) in [6.07, 6.45) is 0. The Balaban J connectivity index is 1.71. The van der Waals surface area contributed by atoms with E-state index in [0.717, 1.165) is 5.56 Å². The summed E-state index contributed by atoms with van der Waals surface area (Å²) >= 11 is 1.36. The predicted molar refractivity (Wildman–Crippen MR) is 92.6 cm³/mol. The second-order valence-corrected chi connectivity index (χ2v) is 6.63. The minimum Gasteiger partial charge on any atom is -0.293 e.